The Kier molecular flexibility index (Phi) is 22.2. The molecule has 1 aromatic rings. The zero-order chi connectivity index (χ0) is 25.9. The van der Waals surface area contributed by atoms with E-state index in [1.54, 1.807) is 6.07 Å². The first-order valence-electron chi connectivity index (χ1n) is 13.7. The minimum absolute atomic E-state index is 0.132. The van der Waals surface area contributed by atoms with Crippen molar-refractivity contribution in [3.63, 3.8) is 0 Å². The summed E-state index contributed by atoms with van der Waals surface area (Å²) in [5, 5.41) is 0. The van der Waals surface area contributed by atoms with Crippen LogP contribution < -0.4 is 10.5 Å². The molecule has 0 heterocycles. The largest absolute Gasteiger partial charge is 0.489 e. The number of para-hydroxylation sites is 2. The fourth-order valence-corrected chi connectivity index (χ4v) is 3.45. The van der Waals surface area contributed by atoms with Gasteiger partial charge in [0, 0.05) is 6.42 Å². The topological polar surface area (TPSA) is 98.5 Å². The molecule has 0 amide bonds. The van der Waals surface area contributed by atoms with Crippen LogP contribution in [-0.4, -0.2) is 72.0 Å². The fraction of sp³-hybridized carbons (Fsp3) is 0.750. The molecular weight excluding hydrogens is 462 g/mol. The molecule has 1 rings (SSSR count). The highest BCUT2D eigenvalue weighted by atomic mass is 16.6. The molecule has 2 N–H and O–H groups in total. The van der Waals surface area contributed by atoms with Crippen LogP contribution >= 0.6 is 0 Å². The second-order valence-corrected chi connectivity index (χ2v) is 8.63. The number of rotatable bonds is 26. The fourth-order valence-electron chi connectivity index (χ4n) is 3.45. The van der Waals surface area contributed by atoms with Crippen LogP contribution in [0.15, 0.2) is 24.3 Å². The summed E-state index contributed by atoms with van der Waals surface area (Å²) >= 11 is 0. The van der Waals surface area contributed by atoms with E-state index in [4.69, 9.17) is 34.2 Å². The number of hydrogen-bond donors (Lipinski definition) is 1. The van der Waals surface area contributed by atoms with Crippen LogP contribution in [0.1, 0.15) is 71.1 Å². The van der Waals surface area contributed by atoms with E-state index in [9.17, 15) is 4.79 Å². The second kappa shape index (κ2) is 24.8. The Hall–Kier alpha value is -1.87. The Balaban J connectivity index is 1.72. The van der Waals surface area contributed by atoms with Gasteiger partial charge in [-0.25, -0.2) is 0 Å². The van der Waals surface area contributed by atoms with Gasteiger partial charge in [-0.3, -0.25) is 4.79 Å². The van der Waals surface area contributed by atoms with Crippen molar-refractivity contribution in [1.82, 2.24) is 0 Å². The standard InChI is InChI=1S/C28H49NO7/c1-2-3-4-5-6-7-8-9-10-15-28(30)36-25-23-34-21-19-32-17-16-31-18-20-33-22-24-35-27-14-12-11-13-26(27)29/h11-14H,2-10,15-25,29H2,1H3. The number of unbranched alkanes of at least 4 members (excludes halogenated alkanes) is 8. The maximum Gasteiger partial charge on any atom is 0.305 e. The summed E-state index contributed by atoms with van der Waals surface area (Å²) in [5.41, 5.74) is 6.43. The first-order chi connectivity index (χ1) is 17.7. The van der Waals surface area contributed by atoms with E-state index in [0.29, 0.717) is 83.9 Å². The third-order valence-electron chi connectivity index (χ3n) is 5.50. The van der Waals surface area contributed by atoms with Gasteiger partial charge in [0.1, 0.15) is 19.0 Å². The van der Waals surface area contributed by atoms with Crippen molar-refractivity contribution in [2.75, 3.05) is 71.8 Å². The zero-order valence-electron chi connectivity index (χ0n) is 22.4. The Bertz CT molecular complexity index is 630. The predicted octanol–water partition coefficient (Wildman–Crippen LogP) is 5.18. The molecule has 8 nitrogen and oxygen atoms in total. The molecule has 1 aromatic carbocycles. The molecule has 0 aliphatic rings. The maximum atomic E-state index is 11.7. The lowest BCUT2D eigenvalue weighted by atomic mass is 10.1. The SMILES string of the molecule is CCCCCCCCCCCC(=O)OCCOCCOCCOCCOCCOc1ccccc1N. The number of carbonyl (C=O) groups is 1. The Morgan fingerprint density at radius 2 is 1.11 bits per heavy atom. The van der Waals surface area contributed by atoms with Gasteiger partial charge in [0.05, 0.1) is 58.5 Å². The van der Waals surface area contributed by atoms with E-state index >= 15 is 0 Å². The van der Waals surface area contributed by atoms with E-state index in [0.717, 1.165) is 12.8 Å². The van der Waals surface area contributed by atoms with Crippen LogP contribution in [0.25, 0.3) is 0 Å². The Labute approximate surface area is 218 Å². The summed E-state index contributed by atoms with van der Waals surface area (Å²) in [6.07, 6.45) is 11.6. The highest BCUT2D eigenvalue weighted by molar-refractivity contribution is 5.69. The molecule has 0 saturated heterocycles. The number of carbonyl (C=O) groups excluding carboxylic acids is 1. The van der Waals surface area contributed by atoms with Gasteiger partial charge < -0.3 is 34.2 Å². The molecule has 0 aliphatic heterocycles. The Morgan fingerprint density at radius 1 is 0.639 bits per heavy atom. The molecule has 0 atom stereocenters. The first-order valence-corrected chi connectivity index (χ1v) is 13.7. The number of nitrogens with two attached hydrogens (primary N) is 1. The molecule has 0 bridgehead atoms. The Morgan fingerprint density at radius 3 is 1.67 bits per heavy atom. The third-order valence-corrected chi connectivity index (χ3v) is 5.50. The number of benzene rings is 1. The van der Waals surface area contributed by atoms with Crippen molar-refractivity contribution >= 4 is 11.7 Å². The first kappa shape index (κ1) is 32.2. The molecule has 0 aliphatic carbocycles. The summed E-state index contributed by atoms with van der Waals surface area (Å²) in [6.45, 7) is 6.76. The van der Waals surface area contributed by atoms with Crippen LogP contribution in [0, 0.1) is 0 Å². The lowest BCUT2D eigenvalue weighted by Gasteiger charge is -2.09. The van der Waals surface area contributed by atoms with E-state index in [1.807, 2.05) is 18.2 Å². The van der Waals surface area contributed by atoms with Crippen LogP contribution in [0.4, 0.5) is 5.69 Å². The number of esters is 1. The number of hydrogen-bond acceptors (Lipinski definition) is 8. The number of ether oxygens (including phenoxy) is 6. The van der Waals surface area contributed by atoms with Gasteiger partial charge in [0.25, 0.3) is 0 Å². The van der Waals surface area contributed by atoms with Gasteiger partial charge in [0.2, 0.25) is 0 Å². The average Bonchev–Trinajstić information content (AvgIpc) is 2.88. The smallest absolute Gasteiger partial charge is 0.305 e. The van der Waals surface area contributed by atoms with Crippen LogP contribution in [0.5, 0.6) is 5.75 Å². The van der Waals surface area contributed by atoms with Crippen molar-refractivity contribution in [3.05, 3.63) is 24.3 Å². The van der Waals surface area contributed by atoms with E-state index in [1.165, 1.54) is 44.9 Å². The minimum atomic E-state index is -0.132. The molecule has 36 heavy (non-hydrogen) atoms. The molecule has 0 radical (unpaired) electrons. The van der Waals surface area contributed by atoms with Gasteiger partial charge >= 0.3 is 5.97 Å². The number of nitrogen functional groups attached to an aromatic ring is 1. The summed E-state index contributed by atoms with van der Waals surface area (Å²) in [7, 11) is 0. The lowest BCUT2D eigenvalue weighted by molar-refractivity contribution is -0.145. The van der Waals surface area contributed by atoms with Crippen molar-refractivity contribution < 1.29 is 33.2 Å². The highest BCUT2D eigenvalue weighted by Crippen LogP contribution is 2.19. The molecule has 0 saturated carbocycles. The summed E-state index contributed by atoms with van der Waals surface area (Å²) in [4.78, 5) is 11.7. The highest BCUT2D eigenvalue weighted by Gasteiger charge is 2.03. The lowest BCUT2D eigenvalue weighted by Crippen LogP contribution is -2.15. The average molecular weight is 512 g/mol. The normalized spacial score (nSPS) is 11.0. The second-order valence-electron chi connectivity index (χ2n) is 8.63. The van der Waals surface area contributed by atoms with Crippen molar-refractivity contribution in [2.24, 2.45) is 0 Å². The molecule has 0 fully saturated rings. The van der Waals surface area contributed by atoms with Crippen molar-refractivity contribution in [3.8, 4) is 5.75 Å². The summed E-state index contributed by atoms with van der Waals surface area (Å²) in [6, 6.07) is 7.38. The van der Waals surface area contributed by atoms with E-state index in [2.05, 4.69) is 6.92 Å². The quantitative estimate of drug-likeness (QED) is 0.103. The summed E-state index contributed by atoms with van der Waals surface area (Å²) in [5.74, 6) is 0.538. The molecule has 0 aromatic heterocycles. The predicted molar refractivity (Wildman–Crippen MR) is 142 cm³/mol. The van der Waals surface area contributed by atoms with Gasteiger partial charge in [-0.15, -0.1) is 0 Å². The van der Waals surface area contributed by atoms with Gasteiger partial charge in [0.15, 0.2) is 0 Å². The monoisotopic (exact) mass is 511 g/mol. The minimum Gasteiger partial charge on any atom is -0.489 e. The molecule has 0 spiro atoms. The third kappa shape index (κ3) is 20.3. The van der Waals surface area contributed by atoms with E-state index < -0.39 is 0 Å². The van der Waals surface area contributed by atoms with Gasteiger partial charge in [-0.2, -0.15) is 0 Å². The zero-order valence-corrected chi connectivity index (χ0v) is 22.4. The van der Waals surface area contributed by atoms with Crippen LogP contribution in [0.3, 0.4) is 0 Å². The van der Waals surface area contributed by atoms with Crippen molar-refractivity contribution in [2.45, 2.75) is 71.1 Å². The van der Waals surface area contributed by atoms with Crippen LogP contribution in [-0.2, 0) is 28.5 Å². The van der Waals surface area contributed by atoms with Crippen LogP contribution in [0.2, 0.25) is 0 Å². The van der Waals surface area contributed by atoms with E-state index in [-0.39, 0.29) is 5.97 Å². The molecule has 0 unspecified atom stereocenters. The van der Waals surface area contributed by atoms with Gasteiger partial charge in [-0.05, 0) is 18.6 Å². The summed E-state index contributed by atoms with van der Waals surface area (Å²) < 4.78 is 32.5. The van der Waals surface area contributed by atoms with Gasteiger partial charge in [-0.1, -0.05) is 70.4 Å². The molecule has 8 heteroatoms. The maximum absolute atomic E-state index is 11.7. The molecule has 208 valence electrons. The van der Waals surface area contributed by atoms with Crippen molar-refractivity contribution in [1.29, 1.82) is 0 Å². The number of anilines is 1. The molecular formula is C28H49NO7.